The summed E-state index contributed by atoms with van der Waals surface area (Å²) in [6.07, 6.45) is -3.79. The summed E-state index contributed by atoms with van der Waals surface area (Å²) in [6.45, 7) is 0. The lowest BCUT2D eigenvalue weighted by molar-refractivity contribution is -0.173. The fourth-order valence-electron chi connectivity index (χ4n) is 3.95. The Labute approximate surface area is 203 Å². The lowest BCUT2D eigenvalue weighted by Crippen LogP contribution is -2.36. The second-order valence-electron chi connectivity index (χ2n) is 7.76. The Morgan fingerprint density at radius 2 is 1.89 bits per heavy atom. The summed E-state index contributed by atoms with van der Waals surface area (Å²) < 4.78 is 58.4. The van der Waals surface area contributed by atoms with Crippen molar-refractivity contribution in [1.82, 2.24) is 9.78 Å². The smallest absolute Gasteiger partial charge is 0.410 e. The molecule has 0 unspecified atom stereocenters. The highest BCUT2D eigenvalue weighted by atomic mass is 35.5. The predicted octanol–water partition coefficient (Wildman–Crippen LogP) is 5.47. The maximum absolute atomic E-state index is 14.0. The number of hydrogen-bond donors (Lipinski definition) is 2. The topological polar surface area (TPSA) is 86.6 Å². The zero-order valence-corrected chi connectivity index (χ0v) is 19.7. The number of carbonyl (C=O) groups excluding carboxylic acids is 1. The number of nitrogens with one attached hydrogen (secondary N) is 2. The van der Waals surface area contributed by atoms with Gasteiger partial charge in [0.15, 0.2) is 6.04 Å². The molecule has 2 N–H and O–H groups in total. The first-order chi connectivity index (χ1) is 16.7. The molecule has 0 saturated heterocycles. The molecular formula is C23H22ClF3N4O4. The zero-order chi connectivity index (χ0) is 25.3. The van der Waals surface area contributed by atoms with Crippen LogP contribution in [0.1, 0.15) is 34.4 Å². The quantitative estimate of drug-likeness (QED) is 0.457. The monoisotopic (exact) mass is 510 g/mol. The Bertz CT molecular complexity index is 1250. The second kappa shape index (κ2) is 9.57. The number of alkyl halides is 3. The van der Waals surface area contributed by atoms with Crippen LogP contribution in [0.3, 0.4) is 0 Å². The van der Waals surface area contributed by atoms with E-state index in [4.69, 9.17) is 25.8 Å². The van der Waals surface area contributed by atoms with E-state index < -0.39 is 24.2 Å². The molecule has 1 amide bonds. The number of fused-ring (bicyclic) bond motifs is 1. The lowest BCUT2D eigenvalue weighted by Gasteiger charge is -2.34. The van der Waals surface area contributed by atoms with Crippen molar-refractivity contribution in [2.24, 2.45) is 0 Å². The average Bonchev–Trinajstić information content (AvgIpc) is 3.27. The normalized spacial score (nSPS) is 17.2. The van der Waals surface area contributed by atoms with E-state index in [2.05, 4.69) is 15.7 Å². The number of methoxy groups -OCH3 is 3. The van der Waals surface area contributed by atoms with Crippen LogP contribution in [0.2, 0.25) is 5.02 Å². The molecule has 0 spiro atoms. The Morgan fingerprint density at radius 1 is 1.14 bits per heavy atom. The zero-order valence-electron chi connectivity index (χ0n) is 18.9. The SMILES string of the molecule is COc1cccc([C@@H]2C[C@H](C(F)(F)F)n3ncc(C(=O)Nc4cc(OC)c(Cl)cc4OC)c3N2)c1. The molecule has 0 aliphatic carbocycles. The van der Waals surface area contributed by atoms with E-state index in [0.717, 1.165) is 10.9 Å². The van der Waals surface area contributed by atoms with Gasteiger partial charge in [0.05, 0.1) is 44.3 Å². The molecule has 8 nitrogen and oxygen atoms in total. The Balaban J connectivity index is 1.71. The van der Waals surface area contributed by atoms with E-state index in [1.54, 1.807) is 24.3 Å². The summed E-state index contributed by atoms with van der Waals surface area (Å²) in [4.78, 5) is 13.2. The van der Waals surface area contributed by atoms with Gasteiger partial charge in [0, 0.05) is 18.6 Å². The van der Waals surface area contributed by atoms with E-state index in [1.165, 1.54) is 33.5 Å². The van der Waals surface area contributed by atoms with Gasteiger partial charge < -0.3 is 24.8 Å². The molecule has 12 heteroatoms. The van der Waals surface area contributed by atoms with Gasteiger partial charge in [-0.05, 0) is 17.7 Å². The number of anilines is 2. The van der Waals surface area contributed by atoms with E-state index in [0.29, 0.717) is 11.3 Å². The summed E-state index contributed by atoms with van der Waals surface area (Å²) in [5.74, 6) is 0.305. The molecule has 1 aromatic heterocycles. The van der Waals surface area contributed by atoms with Crippen molar-refractivity contribution in [2.75, 3.05) is 32.0 Å². The molecule has 2 atom stereocenters. The van der Waals surface area contributed by atoms with Gasteiger partial charge in [-0.2, -0.15) is 18.3 Å². The third-order valence-electron chi connectivity index (χ3n) is 5.70. The molecular weight excluding hydrogens is 489 g/mol. The maximum atomic E-state index is 14.0. The van der Waals surface area contributed by atoms with E-state index in [9.17, 15) is 18.0 Å². The second-order valence-corrected chi connectivity index (χ2v) is 8.17. The molecule has 186 valence electrons. The van der Waals surface area contributed by atoms with Crippen LogP contribution in [-0.4, -0.2) is 43.2 Å². The fraction of sp³-hybridized carbons (Fsp3) is 0.304. The van der Waals surface area contributed by atoms with Crippen LogP contribution in [-0.2, 0) is 0 Å². The minimum absolute atomic E-state index is 0.0520. The molecule has 4 rings (SSSR count). The van der Waals surface area contributed by atoms with Gasteiger partial charge in [-0.1, -0.05) is 23.7 Å². The van der Waals surface area contributed by atoms with Crippen molar-refractivity contribution in [3.8, 4) is 17.2 Å². The molecule has 2 aromatic carbocycles. The van der Waals surface area contributed by atoms with Gasteiger partial charge in [0.2, 0.25) is 0 Å². The van der Waals surface area contributed by atoms with Crippen molar-refractivity contribution >= 4 is 29.0 Å². The highest BCUT2D eigenvalue weighted by Gasteiger charge is 2.47. The first-order valence-electron chi connectivity index (χ1n) is 10.4. The minimum Gasteiger partial charge on any atom is -0.497 e. The van der Waals surface area contributed by atoms with Crippen molar-refractivity contribution < 1.29 is 32.2 Å². The van der Waals surface area contributed by atoms with Gasteiger partial charge in [0.1, 0.15) is 28.6 Å². The molecule has 0 fully saturated rings. The van der Waals surface area contributed by atoms with Crippen LogP contribution < -0.4 is 24.8 Å². The van der Waals surface area contributed by atoms with Gasteiger partial charge >= 0.3 is 6.18 Å². The summed E-state index contributed by atoms with van der Waals surface area (Å²) in [7, 11) is 4.28. The maximum Gasteiger partial charge on any atom is 0.410 e. The number of ether oxygens (including phenoxy) is 3. The minimum atomic E-state index is -4.58. The molecule has 1 aliphatic rings. The van der Waals surface area contributed by atoms with Crippen LogP contribution in [0.5, 0.6) is 17.2 Å². The van der Waals surface area contributed by atoms with Crippen molar-refractivity contribution in [1.29, 1.82) is 0 Å². The molecule has 3 aromatic rings. The molecule has 0 radical (unpaired) electrons. The van der Waals surface area contributed by atoms with Gasteiger partial charge in [-0.15, -0.1) is 0 Å². The number of amides is 1. The van der Waals surface area contributed by atoms with Crippen molar-refractivity contribution in [3.05, 3.63) is 58.7 Å². The number of halogens is 4. The summed E-state index contributed by atoms with van der Waals surface area (Å²) in [5.41, 5.74) is 0.746. The number of benzene rings is 2. The van der Waals surface area contributed by atoms with Gasteiger partial charge in [-0.3, -0.25) is 4.79 Å². The van der Waals surface area contributed by atoms with Crippen LogP contribution >= 0.6 is 11.6 Å². The molecule has 2 heterocycles. The third-order valence-corrected chi connectivity index (χ3v) is 6.00. The number of rotatable bonds is 6. The molecule has 35 heavy (non-hydrogen) atoms. The Morgan fingerprint density at radius 3 is 2.54 bits per heavy atom. The van der Waals surface area contributed by atoms with E-state index >= 15 is 0 Å². The number of hydrogen-bond acceptors (Lipinski definition) is 6. The van der Waals surface area contributed by atoms with Crippen LogP contribution in [0, 0.1) is 0 Å². The van der Waals surface area contributed by atoms with Gasteiger partial charge in [-0.25, -0.2) is 4.68 Å². The van der Waals surface area contributed by atoms with E-state index in [1.807, 2.05) is 0 Å². The highest BCUT2D eigenvalue weighted by molar-refractivity contribution is 6.32. The van der Waals surface area contributed by atoms with Crippen LogP contribution in [0.25, 0.3) is 0 Å². The van der Waals surface area contributed by atoms with Crippen molar-refractivity contribution in [2.45, 2.75) is 24.7 Å². The summed E-state index contributed by atoms with van der Waals surface area (Å²) >= 11 is 6.11. The Kier molecular flexibility index (Phi) is 6.70. The average molecular weight is 511 g/mol. The van der Waals surface area contributed by atoms with Crippen LogP contribution in [0.15, 0.2) is 42.6 Å². The summed E-state index contributed by atoms with van der Waals surface area (Å²) in [6, 6.07) is 6.99. The molecule has 1 aliphatic heterocycles. The standard InChI is InChI=1S/C23H22ClF3N4O4/c1-33-13-6-4-5-12(7-13)16-10-20(23(25,26)27)31-21(29-16)14(11-28-31)22(32)30-17-9-18(34-2)15(24)8-19(17)35-3/h4-9,11,16,20,29H,10H2,1-3H3,(H,30,32)/t16-,20+/m0/s1. The largest absolute Gasteiger partial charge is 0.497 e. The van der Waals surface area contributed by atoms with E-state index in [-0.39, 0.29) is 40.0 Å². The summed E-state index contributed by atoms with van der Waals surface area (Å²) in [5, 5.41) is 9.85. The van der Waals surface area contributed by atoms with Gasteiger partial charge in [0.25, 0.3) is 5.91 Å². The molecule has 0 saturated carbocycles. The van der Waals surface area contributed by atoms with Crippen molar-refractivity contribution in [3.63, 3.8) is 0 Å². The van der Waals surface area contributed by atoms with Crippen LogP contribution in [0.4, 0.5) is 24.7 Å². The number of nitrogens with zero attached hydrogens (tertiary/aromatic N) is 2. The first kappa shape index (κ1) is 24.5. The third kappa shape index (κ3) is 4.81. The lowest BCUT2D eigenvalue weighted by atomic mass is 9.96. The highest BCUT2D eigenvalue weighted by Crippen LogP contribution is 2.45. The molecule has 0 bridgehead atoms. The predicted molar refractivity (Wildman–Crippen MR) is 124 cm³/mol. The Hall–Kier alpha value is -3.60. The number of carbonyl (C=O) groups is 1. The fourth-order valence-corrected chi connectivity index (χ4v) is 4.18. The first-order valence-corrected chi connectivity index (χ1v) is 10.8. The number of aromatic nitrogens is 2.